The highest BCUT2D eigenvalue weighted by molar-refractivity contribution is 6.33. The Balaban J connectivity index is 2.77. The molecule has 0 fully saturated rings. The minimum atomic E-state index is -0.342. The maximum Gasteiger partial charge on any atom is 0.330 e. The highest BCUT2D eigenvalue weighted by Crippen LogP contribution is 2.33. The third kappa shape index (κ3) is 6.43. The lowest BCUT2D eigenvalue weighted by Crippen LogP contribution is -1.98. The molecule has 0 spiro atoms. The van der Waals surface area contributed by atoms with Crippen LogP contribution < -0.4 is 4.74 Å². The Morgan fingerprint density at radius 2 is 1.92 bits per heavy atom. The largest absolute Gasteiger partial charge is 0.495 e. The van der Waals surface area contributed by atoms with E-state index in [1.807, 2.05) is 32.1 Å². The van der Waals surface area contributed by atoms with Crippen molar-refractivity contribution in [2.24, 2.45) is 0 Å². The number of methoxy groups -OCH3 is 2. The second-order valence-electron chi connectivity index (χ2n) is 6.10. The van der Waals surface area contributed by atoms with Crippen molar-refractivity contribution in [2.75, 3.05) is 14.2 Å². The van der Waals surface area contributed by atoms with Gasteiger partial charge in [-0.1, -0.05) is 35.4 Å². The van der Waals surface area contributed by atoms with E-state index < -0.39 is 0 Å². The average Bonchev–Trinajstić information content (AvgIpc) is 2.57. The SMILES string of the molecule is COC(=O)C=C(C)C=CC=C(C)CCc1c(C)cc(OC)c(Cl)c1C. The van der Waals surface area contributed by atoms with Gasteiger partial charge in [0, 0.05) is 6.08 Å². The molecule has 0 unspecified atom stereocenters. The molecule has 4 heteroatoms. The van der Waals surface area contributed by atoms with Crippen LogP contribution in [-0.2, 0) is 16.0 Å². The minimum Gasteiger partial charge on any atom is -0.495 e. The molecule has 0 atom stereocenters. The van der Waals surface area contributed by atoms with Crippen LogP contribution in [-0.4, -0.2) is 20.2 Å². The lowest BCUT2D eigenvalue weighted by atomic mass is 9.96. The van der Waals surface area contributed by atoms with Gasteiger partial charge in [0.1, 0.15) is 5.75 Å². The van der Waals surface area contributed by atoms with Gasteiger partial charge in [0.2, 0.25) is 0 Å². The lowest BCUT2D eigenvalue weighted by molar-refractivity contribution is -0.134. The number of hydrogen-bond acceptors (Lipinski definition) is 3. The fourth-order valence-corrected chi connectivity index (χ4v) is 2.80. The Hall–Kier alpha value is -2.00. The molecule has 1 aromatic carbocycles. The van der Waals surface area contributed by atoms with Crippen molar-refractivity contribution < 1.29 is 14.3 Å². The molecule has 0 saturated heterocycles. The molecule has 25 heavy (non-hydrogen) atoms. The van der Waals surface area contributed by atoms with E-state index in [2.05, 4.69) is 24.7 Å². The predicted octanol–water partition coefficient (Wildman–Crippen LogP) is 5.52. The van der Waals surface area contributed by atoms with Gasteiger partial charge in [-0.15, -0.1) is 0 Å². The summed E-state index contributed by atoms with van der Waals surface area (Å²) < 4.78 is 9.91. The molecule has 0 aromatic heterocycles. The predicted molar refractivity (Wildman–Crippen MR) is 104 cm³/mol. The number of allylic oxidation sites excluding steroid dienone is 5. The number of hydrogen-bond donors (Lipinski definition) is 0. The summed E-state index contributed by atoms with van der Waals surface area (Å²) in [7, 11) is 3.00. The number of aryl methyl sites for hydroxylation is 1. The van der Waals surface area contributed by atoms with Crippen LogP contribution in [0.5, 0.6) is 5.75 Å². The standard InChI is InChI=1S/C21H27ClO3/c1-14(8-7-9-15(2)12-20(23)25-6)10-11-18-16(3)13-19(24-5)21(22)17(18)4/h7-9,12-13H,10-11H2,1-6H3. The molecule has 1 rings (SSSR count). The molecule has 0 amide bonds. The lowest BCUT2D eigenvalue weighted by Gasteiger charge is -2.14. The Bertz CT molecular complexity index is 712. The number of rotatable bonds is 7. The van der Waals surface area contributed by atoms with Crippen molar-refractivity contribution in [2.45, 2.75) is 40.5 Å². The molecular weight excluding hydrogens is 336 g/mol. The number of esters is 1. The zero-order valence-electron chi connectivity index (χ0n) is 15.9. The first-order valence-corrected chi connectivity index (χ1v) is 8.60. The molecule has 0 saturated carbocycles. The normalized spacial score (nSPS) is 12.6. The fraction of sp³-hybridized carbons (Fsp3) is 0.381. The van der Waals surface area contributed by atoms with Crippen LogP contribution in [0, 0.1) is 13.8 Å². The number of carbonyl (C=O) groups is 1. The molecular formula is C21H27ClO3. The smallest absolute Gasteiger partial charge is 0.330 e. The molecule has 0 N–H and O–H groups in total. The second kappa shape index (κ2) is 10.1. The molecule has 0 bridgehead atoms. The summed E-state index contributed by atoms with van der Waals surface area (Å²) in [5.41, 5.74) is 5.65. The maximum absolute atomic E-state index is 11.1. The summed E-state index contributed by atoms with van der Waals surface area (Å²) in [6.45, 7) is 8.08. The molecule has 0 aliphatic rings. The van der Waals surface area contributed by atoms with Gasteiger partial charge in [0.05, 0.1) is 19.2 Å². The third-order valence-electron chi connectivity index (χ3n) is 4.10. The second-order valence-corrected chi connectivity index (χ2v) is 6.47. The number of ether oxygens (including phenoxy) is 2. The topological polar surface area (TPSA) is 35.5 Å². The number of carbonyl (C=O) groups excluding carboxylic acids is 1. The van der Waals surface area contributed by atoms with Gasteiger partial charge < -0.3 is 9.47 Å². The van der Waals surface area contributed by atoms with Crippen LogP contribution in [0.3, 0.4) is 0 Å². The first-order valence-electron chi connectivity index (χ1n) is 8.22. The number of halogens is 1. The summed E-state index contributed by atoms with van der Waals surface area (Å²) in [5.74, 6) is 0.383. The highest BCUT2D eigenvalue weighted by atomic mass is 35.5. The van der Waals surface area contributed by atoms with Crippen LogP contribution >= 0.6 is 11.6 Å². The summed E-state index contributed by atoms with van der Waals surface area (Å²) in [6, 6.07) is 1.99. The first-order chi connectivity index (χ1) is 11.8. The van der Waals surface area contributed by atoms with Gasteiger partial charge in [-0.25, -0.2) is 4.79 Å². The van der Waals surface area contributed by atoms with Crippen molar-refractivity contribution >= 4 is 17.6 Å². The van der Waals surface area contributed by atoms with Crippen LogP contribution in [0.2, 0.25) is 5.02 Å². The molecule has 1 aromatic rings. The van der Waals surface area contributed by atoms with Gasteiger partial charge in [0.15, 0.2) is 0 Å². The van der Waals surface area contributed by atoms with E-state index in [-0.39, 0.29) is 5.97 Å². The average molecular weight is 363 g/mol. The maximum atomic E-state index is 11.1. The molecule has 0 aliphatic heterocycles. The quantitative estimate of drug-likeness (QED) is 0.364. The Kier molecular flexibility index (Phi) is 8.50. The van der Waals surface area contributed by atoms with E-state index in [0.717, 1.165) is 29.7 Å². The first kappa shape index (κ1) is 21.0. The van der Waals surface area contributed by atoms with Crippen LogP contribution in [0.25, 0.3) is 0 Å². The molecule has 3 nitrogen and oxygen atoms in total. The van der Waals surface area contributed by atoms with Crippen molar-refractivity contribution in [1.82, 2.24) is 0 Å². The monoisotopic (exact) mass is 362 g/mol. The van der Waals surface area contributed by atoms with E-state index in [0.29, 0.717) is 5.02 Å². The Morgan fingerprint density at radius 1 is 1.24 bits per heavy atom. The summed E-state index contributed by atoms with van der Waals surface area (Å²) in [6.07, 6.45) is 9.23. The van der Waals surface area contributed by atoms with Gasteiger partial charge in [-0.3, -0.25) is 0 Å². The van der Waals surface area contributed by atoms with E-state index in [9.17, 15) is 4.79 Å². The summed E-state index contributed by atoms with van der Waals surface area (Å²) in [5, 5.41) is 0.688. The highest BCUT2D eigenvalue weighted by Gasteiger charge is 2.12. The van der Waals surface area contributed by atoms with E-state index in [1.165, 1.54) is 29.9 Å². The van der Waals surface area contributed by atoms with Crippen molar-refractivity contribution in [3.63, 3.8) is 0 Å². The Morgan fingerprint density at radius 3 is 2.52 bits per heavy atom. The molecule has 0 aliphatic carbocycles. The zero-order valence-corrected chi connectivity index (χ0v) is 16.7. The minimum absolute atomic E-state index is 0.342. The number of benzene rings is 1. The van der Waals surface area contributed by atoms with Gasteiger partial charge in [-0.05, 0) is 68.9 Å². The van der Waals surface area contributed by atoms with Crippen LogP contribution in [0.4, 0.5) is 0 Å². The van der Waals surface area contributed by atoms with E-state index in [4.69, 9.17) is 16.3 Å². The molecule has 136 valence electrons. The van der Waals surface area contributed by atoms with Crippen molar-refractivity contribution in [3.8, 4) is 5.75 Å². The zero-order chi connectivity index (χ0) is 19.0. The van der Waals surface area contributed by atoms with Crippen LogP contribution in [0.1, 0.15) is 37.0 Å². The summed E-state index contributed by atoms with van der Waals surface area (Å²) in [4.78, 5) is 11.1. The van der Waals surface area contributed by atoms with Gasteiger partial charge >= 0.3 is 5.97 Å². The van der Waals surface area contributed by atoms with Gasteiger partial charge in [0.25, 0.3) is 0 Å². The Labute approximate surface area is 156 Å². The van der Waals surface area contributed by atoms with Gasteiger partial charge in [-0.2, -0.15) is 0 Å². The third-order valence-corrected chi connectivity index (χ3v) is 4.57. The molecule has 0 radical (unpaired) electrons. The van der Waals surface area contributed by atoms with Crippen molar-refractivity contribution in [1.29, 1.82) is 0 Å². The molecule has 0 heterocycles. The van der Waals surface area contributed by atoms with Crippen LogP contribution in [0.15, 0.2) is 41.5 Å². The van der Waals surface area contributed by atoms with E-state index in [1.54, 1.807) is 7.11 Å². The van der Waals surface area contributed by atoms with Crippen molar-refractivity contribution in [3.05, 3.63) is 63.2 Å². The fourth-order valence-electron chi connectivity index (χ4n) is 2.56. The summed E-state index contributed by atoms with van der Waals surface area (Å²) >= 11 is 6.36. The van der Waals surface area contributed by atoms with E-state index >= 15 is 0 Å².